The third-order valence-corrected chi connectivity index (χ3v) is 3.31. The third-order valence-electron chi connectivity index (χ3n) is 2.00. The van der Waals surface area contributed by atoms with Gasteiger partial charge in [0, 0.05) is 10.6 Å². The lowest BCUT2D eigenvalue weighted by molar-refractivity contribution is -0.154. The van der Waals surface area contributed by atoms with Crippen LogP contribution in [-0.4, -0.2) is 27.5 Å². The van der Waals surface area contributed by atoms with Crippen LogP contribution >= 0.6 is 11.8 Å². The molecule has 1 aromatic rings. The van der Waals surface area contributed by atoms with Crippen molar-refractivity contribution in [3.8, 4) is 0 Å². The Balaban J connectivity index is 2.57. The van der Waals surface area contributed by atoms with E-state index < -0.39 is 11.6 Å². The van der Waals surface area contributed by atoms with Crippen molar-refractivity contribution in [3.05, 3.63) is 29.8 Å². The number of carbonyl (C=O) groups is 1. The second kappa shape index (κ2) is 4.68. The van der Waals surface area contributed by atoms with Crippen LogP contribution in [0.1, 0.15) is 12.5 Å². The molecule has 4 heteroatoms. The van der Waals surface area contributed by atoms with E-state index in [2.05, 4.69) is 0 Å². The second-order valence-corrected chi connectivity index (χ2v) is 4.73. The van der Waals surface area contributed by atoms with Gasteiger partial charge in [-0.15, -0.1) is 11.8 Å². The average Bonchev–Trinajstić information content (AvgIpc) is 2.17. The molecule has 1 atom stereocenters. The number of aliphatic carboxylic acids is 1. The zero-order chi connectivity index (χ0) is 11.5. The maximum absolute atomic E-state index is 10.6. The molecule has 0 bridgehead atoms. The van der Waals surface area contributed by atoms with Crippen LogP contribution in [0.4, 0.5) is 0 Å². The molecule has 0 amide bonds. The number of rotatable bonds is 4. The molecule has 1 aromatic carbocycles. The molecular weight excluding hydrogens is 212 g/mol. The molecule has 0 aliphatic rings. The number of thioether (sulfide) groups is 1. The van der Waals surface area contributed by atoms with Crippen molar-refractivity contribution in [1.29, 1.82) is 0 Å². The molecule has 82 valence electrons. The molecule has 0 heterocycles. The molecule has 1 rings (SSSR count). The summed E-state index contributed by atoms with van der Waals surface area (Å²) in [6, 6.07) is 7.74. The van der Waals surface area contributed by atoms with Crippen LogP contribution in [0.3, 0.4) is 0 Å². The first kappa shape index (κ1) is 12.1. The molecule has 0 fully saturated rings. The van der Waals surface area contributed by atoms with Crippen LogP contribution in [0, 0.1) is 6.92 Å². The fourth-order valence-corrected chi connectivity index (χ4v) is 1.82. The van der Waals surface area contributed by atoms with E-state index in [-0.39, 0.29) is 5.75 Å². The van der Waals surface area contributed by atoms with Crippen LogP contribution in [0.5, 0.6) is 0 Å². The van der Waals surface area contributed by atoms with Gasteiger partial charge in [0.15, 0.2) is 5.60 Å². The van der Waals surface area contributed by atoms with E-state index in [0.29, 0.717) is 0 Å². The highest BCUT2D eigenvalue weighted by atomic mass is 32.2. The van der Waals surface area contributed by atoms with Crippen LogP contribution in [0.15, 0.2) is 29.2 Å². The summed E-state index contributed by atoms with van der Waals surface area (Å²) in [5.41, 5.74) is -0.514. The Morgan fingerprint density at radius 2 is 1.93 bits per heavy atom. The van der Waals surface area contributed by atoms with E-state index in [9.17, 15) is 9.90 Å². The quantitative estimate of drug-likeness (QED) is 0.770. The van der Waals surface area contributed by atoms with Gasteiger partial charge in [0.25, 0.3) is 0 Å². The number of hydrogen-bond acceptors (Lipinski definition) is 3. The first-order chi connectivity index (χ1) is 6.92. The number of hydrogen-bond donors (Lipinski definition) is 2. The van der Waals surface area contributed by atoms with Crippen LogP contribution in [-0.2, 0) is 4.79 Å². The maximum Gasteiger partial charge on any atom is 0.336 e. The predicted molar refractivity (Wildman–Crippen MR) is 60.2 cm³/mol. The summed E-state index contributed by atoms with van der Waals surface area (Å²) in [5, 5.41) is 18.2. The summed E-state index contributed by atoms with van der Waals surface area (Å²) in [6.45, 7) is 3.29. The fraction of sp³-hybridized carbons (Fsp3) is 0.364. The first-order valence-corrected chi connectivity index (χ1v) is 5.55. The van der Waals surface area contributed by atoms with E-state index in [1.807, 2.05) is 31.2 Å². The third kappa shape index (κ3) is 3.57. The van der Waals surface area contributed by atoms with Gasteiger partial charge in [-0.2, -0.15) is 0 Å². The molecule has 0 spiro atoms. The average molecular weight is 226 g/mol. The smallest absolute Gasteiger partial charge is 0.336 e. The Morgan fingerprint density at radius 1 is 1.40 bits per heavy atom. The van der Waals surface area contributed by atoms with Gasteiger partial charge in [-0.25, -0.2) is 4.79 Å². The molecule has 1 unspecified atom stereocenters. The Bertz CT molecular complexity index is 343. The molecule has 0 saturated carbocycles. The SMILES string of the molecule is Cc1ccc(SCC(C)(O)C(=O)O)cc1. The first-order valence-electron chi connectivity index (χ1n) is 4.57. The minimum absolute atomic E-state index is 0.144. The van der Waals surface area contributed by atoms with Crippen LogP contribution in [0.25, 0.3) is 0 Å². The molecular formula is C11H14O3S. The highest BCUT2D eigenvalue weighted by Crippen LogP contribution is 2.23. The summed E-state index contributed by atoms with van der Waals surface area (Å²) in [6.07, 6.45) is 0. The van der Waals surface area contributed by atoms with Gasteiger partial charge in [-0.3, -0.25) is 0 Å². The van der Waals surface area contributed by atoms with Crippen LogP contribution in [0.2, 0.25) is 0 Å². The van der Waals surface area contributed by atoms with Crippen molar-refractivity contribution in [1.82, 2.24) is 0 Å². The standard InChI is InChI=1S/C11H14O3S/c1-8-3-5-9(6-4-8)15-7-11(2,14)10(12)13/h3-6,14H,7H2,1-2H3,(H,12,13). The lowest BCUT2D eigenvalue weighted by Gasteiger charge is -2.16. The van der Waals surface area contributed by atoms with Crippen molar-refractivity contribution < 1.29 is 15.0 Å². The highest BCUT2D eigenvalue weighted by Gasteiger charge is 2.29. The largest absolute Gasteiger partial charge is 0.479 e. The number of carboxylic acid groups (broad SMARTS) is 1. The van der Waals surface area contributed by atoms with E-state index in [1.165, 1.54) is 18.7 Å². The van der Waals surface area contributed by atoms with E-state index in [1.54, 1.807) is 0 Å². The zero-order valence-electron chi connectivity index (χ0n) is 8.73. The Hall–Kier alpha value is -1.00. The monoisotopic (exact) mass is 226 g/mol. The highest BCUT2D eigenvalue weighted by molar-refractivity contribution is 7.99. The van der Waals surface area contributed by atoms with Crippen molar-refractivity contribution in [3.63, 3.8) is 0 Å². The summed E-state index contributed by atoms with van der Waals surface area (Å²) < 4.78 is 0. The van der Waals surface area contributed by atoms with Crippen molar-refractivity contribution in [2.24, 2.45) is 0 Å². The Kier molecular flexibility index (Phi) is 3.77. The minimum Gasteiger partial charge on any atom is -0.479 e. The molecule has 0 radical (unpaired) electrons. The van der Waals surface area contributed by atoms with Gasteiger partial charge in [0.1, 0.15) is 0 Å². The van der Waals surface area contributed by atoms with Gasteiger partial charge in [-0.05, 0) is 26.0 Å². The summed E-state index contributed by atoms with van der Waals surface area (Å²) in [4.78, 5) is 11.6. The molecule has 15 heavy (non-hydrogen) atoms. The van der Waals surface area contributed by atoms with Gasteiger partial charge >= 0.3 is 5.97 Å². The van der Waals surface area contributed by atoms with Gasteiger partial charge in [0.05, 0.1) is 0 Å². The topological polar surface area (TPSA) is 57.5 Å². The lowest BCUT2D eigenvalue weighted by Crippen LogP contribution is -2.37. The summed E-state index contributed by atoms with van der Waals surface area (Å²) in [7, 11) is 0. The molecule has 3 nitrogen and oxygen atoms in total. The fourth-order valence-electron chi connectivity index (χ4n) is 0.920. The second-order valence-electron chi connectivity index (χ2n) is 3.68. The molecule has 0 aromatic heterocycles. The summed E-state index contributed by atoms with van der Waals surface area (Å²) in [5.74, 6) is -1.05. The summed E-state index contributed by atoms with van der Waals surface area (Å²) >= 11 is 1.33. The minimum atomic E-state index is -1.67. The molecule has 2 N–H and O–H groups in total. The Labute approximate surface area is 93.1 Å². The number of benzene rings is 1. The van der Waals surface area contributed by atoms with Crippen molar-refractivity contribution in [2.75, 3.05) is 5.75 Å². The molecule has 0 aliphatic carbocycles. The predicted octanol–water partition coefficient (Wildman–Crippen LogP) is 1.92. The van der Waals surface area contributed by atoms with Crippen molar-refractivity contribution in [2.45, 2.75) is 24.3 Å². The molecule has 0 saturated heterocycles. The maximum atomic E-state index is 10.6. The number of aliphatic hydroxyl groups is 1. The van der Waals surface area contributed by atoms with Gasteiger partial charge in [0.2, 0.25) is 0 Å². The van der Waals surface area contributed by atoms with Gasteiger partial charge < -0.3 is 10.2 Å². The zero-order valence-corrected chi connectivity index (χ0v) is 9.54. The molecule has 0 aliphatic heterocycles. The van der Waals surface area contributed by atoms with E-state index in [0.717, 1.165) is 10.5 Å². The van der Waals surface area contributed by atoms with Crippen LogP contribution < -0.4 is 0 Å². The van der Waals surface area contributed by atoms with Gasteiger partial charge in [-0.1, -0.05) is 17.7 Å². The number of aryl methyl sites for hydroxylation is 1. The number of carboxylic acids is 1. The van der Waals surface area contributed by atoms with Crippen molar-refractivity contribution >= 4 is 17.7 Å². The lowest BCUT2D eigenvalue weighted by atomic mass is 10.1. The Morgan fingerprint density at radius 3 is 2.40 bits per heavy atom. The normalized spacial score (nSPS) is 14.6. The van der Waals surface area contributed by atoms with E-state index >= 15 is 0 Å². The van der Waals surface area contributed by atoms with E-state index in [4.69, 9.17) is 5.11 Å².